The zero-order valence-corrected chi connectivity index (χ0v) is 9.10. The summed E-state index contributed by atoms with van der Waals surface area (Å²) < 4.78 is 0. The Labute approximate surface area is 97.8 Å². The van der Waals surface area contributed by atoms with Gasteiger partial charge in [-0.3, -0.25) is 9.59 Å². The number of fused-ring (bicyclic) bond motifs is 1. The van der Waals surface area contributed by atoms with E-state index in [2.05, 4.69) is 17.2 Å². The largest absolute Gasteiger partial charge is 0.317 e. The average Bonchev–Trinajstić information content (AvgIpc) is 2.57. The van der Waals surface area contributed by atoms with Gasteiger partial charge in [0.05, 0.1) is 11.3 Å². The summed E-state index contributed by atoms with van der Waals surface area (Å²) in [4.78, 5) is 22.6. The standard InChI is InChI=1S/C12H8ClNO2/c13-7-2-1-4-8-5-3-6-9-10(8)14-12(16)11(9)15/h3,5-6H,2,7H2,(H,14,15,16). The molecule has 0 unspecified atom stereocenters. The fourth-order valence-corrected chi connectivity index (χ4v) is 1.57. The van der Waals surface area contributed by atoms with Crippen molar-refractivity contribution in [3.63, 3.8) is 0 Å². The van der Waals surface area contributed by atoms with Crippen molar-refractivity contribution in [2.75, 3.05) is 11.2 Å². The van der Waals surface area contributed by atoms with Crippen LogP contribution >= 0.6 is 11.6 Å². The highest BCUT2D eigenvalue weighted by Gasteiger charge is 2.29. The van der Waals surface area contributed by atoms with Gasteiger partial charge in [-0.1, -0.05) is 17.9 Å². The number of para-hydroxylation sites is 1. The van der Waals surface area contributed by atoms with Gasteiger partial charge < -0.3 is 5.32 Å². The maximum atomic E-state index is 11.4. The number of amides is 1. The monoisotopic (exact) mass is 233 g/mol. The molecule has 2 rings (SSSR count). The number of hydrogen-bond acceptors (Lipinski definition) is 2. The Morgan fingerprint density at radius 3 is 2.88 bits per heavy atom. The molecular weight excluding hydrogens is 226 g/mol. The molecule has 1 heterocycles. The van der Waals surface area contributed by atoms with Gasteiger partial charge in [-0.25, -0.2) is 0 Å². The minimum atomic E-state index is -0.596. The lowest BCUT2D eigenvalue weighted by Crippen LogP contribution is -2.12. The van der Waals surface area contributed by atoms with E-state index in [1.807, 2.05) is 0 Å². The Morgan fingerprint density at radius 2 is 2.12 bits per heavy atom. The van der Waals surface area contributed by atoms with E-state index >= 15 is 0 Å². The molecule has 1 aromatic carbocycles. The first-order valence-corrected chi connectivity index (χ1v) is 5.31. The number of halogens is 1. The topological polar surface area (TPSA) is 46.2 Å². The van der Waals surface area contributed by atoms with Gasteiger partial charge in [-0.05, 0) is 12.1 Å². The normalized spacial score (nSPS) is 12.8. The molecule has 0 spiro atoms. The number of alkyl halides is 1. The molecule has 0 bridgehead atoms. The van der Waals surface area contributed by atoms with Crippen LogP contribution in [-0.4, -0.2) is 17.6 Å². The second-order valence-electron chi connectivity index (χ2n) is 3.25. The SMILES string of the molecule is O=C1Nc2c(C#CCCCl)cccc2C1=O. The average molecular weight is 234 g/mol. The van der Waals surface area contributed by atoms with Crippen molar-refractivity contribution < 1.29 is 9.59 Å². The highest BCUT2D eigenvalue weighted by Crippen LogP contribution is 2.26. The number of carbonyl (C=O) groups is 2. The molecule has 0 aliphatic carbocycles. The summed E-state index contributed by atoms with van der Waals surface area (Å²) in [5.41, 5.74) is 1.56. The zero-order chi connectivity index (χ0) is 11.5. The molecule has 0 radical (unpaired) electrons. The number of Topliss-reactive ketones (excluding diaryl/α,β-unsaturated/α-hetero) is 1. The third-order valence-corrected chi connectivity index (χ3v) is 2.39. The number of ketones is 1. The van der Waals surface area contributed by atoms with E-state index in [1.54, 1.807) is 18.2 Å². The van der Waals surface area contributed by atoms with Crippen LogP contribution in [0.2, 0.25) is 0 Å². The molecule has 1 aromatic rings. The molecule has 1 aliphatic rings. The Balaban J connectivity index is 2.41. The molecule has 1 aliphatic heterocycles. The van der Waals surface area contributed by atoms with Gasteiger partial charge >= 0.3 is 0 Å². The van der Waals surface area contributed by atoms with Gasteiger partial charge in [0.25, 0.3) is 11.7 Å². The Kier molecular flexibility index (Phi) is 2.93. The quantitative estimate of drug-likeness (QED) is 0.457. The van der Waals surface area contributed by atoms with Crippen LogP contribution in [0.15, 0.2) is 18.2 Å². The molecule has 3 nitrogen and oxygen atoms in total. The van der Waals surface area contributed by atoms with Gasteiger partial charge in [0.15, 0.2) is 0 Å². The number of carbonyl (C=O) groups excluding carboxylic acids is 2. The first-order valence-electron chi connectivity index (χ1n) is 4.77. The zero-order valence-electron chi connectivity index (χ0n) is 8.34. The summed E-state index contributed by atoms with van der Waals surface area (Å²) in [6.07, 6.45) is 0.577. The third kappa shape index (κ3) is 1.80. The predicted molar refractivity (Wildman–Crippen MR) is 61.6 cm³/mol. The molecule has 0 saturated heterocycles. The lowest BCUT2D eigenvalue weighted by molar-refractivity contribution is -0.112. The maximum absolute atomic E-state index is 11.4. The number of nitrogens with one attached hydrogen (secondary N) is 1. The molecule has 16 heavy (non-hydrogen) atoms. The summed E-state index contributed by atoms with van der Waals surface area (Å²) in [6, 6.07) is 5.09. The van der Waals surface area contributed by atoms with Crippen LogP contribution in [0.1, 0.15) is 22.3 Å². The van der Waals surface area contributed by atoms with Crippen molar-refractivity contribution in [2.45, 2.75) is 6.42 Å². The van der Waals surface area contributed by atoms with Gasteiger partial charge in [-0.2, -0.15) is 0 Å². The van der Waals surface area contributed by atoms with E-state index in [0.717, 1.165) is 0 Å². The van der Waals surface area contributed by atoms with Crippen molar-refractivity contribution in [3.8, 4) is 11.8 Å². The van der Waals surface area contributed by atoms with Crippen molar-refractivity contribution >= 4 is 29.0 Å². The number of anilines is 1. The highest BCUT2D eigenvalue weighted by molar-refractivity contribution is 6.51. The van der Waals surface area contributed by atoms with Crippen molar-refractivity contribution in [1.29, 1.82) is 0 Å². The number of benzene rings is 1. The first kappa shape index (κ1) is 10.7. The lowest BCUT2D eigenvalue weighted by Gasteiger charge is -1.99. The van der Waals surface area contributed by atoms with E-state index in [-0.39, 0.29) is 0 Å². The Hall–Kier alpha value is -1.79. The smallest absolute Gasteiger partial charge is 0.296 e. The fourth-order valence-electron chi connectivity index (χ4n) is 1.48. The molecule has 0 aromatic heterocycles. The van der Waals surface area contributed by atoms with Gasteiger partial charge in [-0.15, -0.1) is 11.6 Å². The molecular formula is C12H8ClNO2. The molecule has 0 fully saturated rings. The molecule has 0 saturated carbocycles. The molecule has 4 heteroatoms. The third-order valence-electron chi connectivity index (χ3n) is 2.20. The van der Waals surface area contributed by atoms with Crippen molar-refractivity contribution in [2.24, 2.45) is 0 Å². The molecule has 1 amide bonds. The second kappa shape index (κ2) is 4.38. The maximum Gasteiger partial charge on any atom is 0.296 e. The van der Waals surface area contributed by atoms with Crippen LogP contribution in [0.5, 0.6) is 0 Å². The van der Waals surface area contributed by atoms with E-state index in [0.29, 0.717) is 29.1 Å². The van der Waals surface area contributed by atoms with Crippen LogP contribution < -0.4 is 5.32 Å². The van der Waals surface area contributed by atoms with Gasteiger partial charge in [0.2, 0.25) is 0 Å². The molecule has 0 atom stereocenters. The summed E-state index contributed by atoms with van der Waals surface area (Å²) in [5, 5.41) is 2.52. The second-order valence-corrected chi connectivity index (χ2v) is 3.63. The van der Waals surface area contributed by atoms with E-state index in [9.17, 15) is 9.59 Å². The van der Waals surface area contributed by atoms with Crippen LogP contribution in [-0.2, 0) is 4.79 Å². The van der Waals surface area contributed by atoms with Crippen molar-refractivity contribution in [3.05, 3.63) is 29.3 Å². The van der Waals surface area contributed by atoms with E-state index < -0.39 is 11.7 Å². The van der Waals surface area contributed by atoms with Crippen LogP contribution in [0, 0.1) is 11.8 Å². The van der Waals surface area contributed by atoms with Crippen molar-refractivity contribution in [1.82, 2.24) is 0 Å². The minimum Gasteiger partial charge on any atom is -0.317 e. The van der Waals surface area contributed by atoms with Crippen LogP contribution in [0.25, 0.3) is 0 Å². The van der Waals surface area contributed by atoms with Gasteiger partial charge in [0.1, 0.15) is 0 Å². The fraction of sp³-hybridized carbons (Fsp3) is 0.167. The highest BCUT2D eigenvalue weighted by atomic mass is 35.5. The minimum absolute atomic E-state index is 0.391. The van der Waals surface area contributed by atoms with E-state index in [1.165, 1.54) is 0 Å². The summed E-state index contributed by atoms with van der Waals surface area (Å²) in [5.74, 6) is 5.12. The number of rotatable bonds is 1. The summed E-state index contributed by atoms with van der Waals surface area (Å²) in [6.45, 7) is 0. The molecule has 80 valence electrons. The van der Waals surface area contributed by atoms with Crippen LogP contribution in [0.4, 0.5) is 5.69 Å². The molecule has 1 N–H and O–H groups in total. The lowest BCUT2D eigenvalue weighted by atomic mass is 10.1. The summed E-state index contributed by atoms with van der Waals surface area (Å²) in [7, 11) is 0. The first-order chi connectivity index (χ1) is 7.74. The summed E-state index contributed by atoms with van der Waals surface area (Å²) >= 11 is 5.51. The van der Waals surface area contributed by atoms with E-state index in [4.69, 9.17) is 11.6 Å². The Morgan fingerprint density at radius 1 is 1.31 bits per heavy atom. The van der Waals surface area contributed by atoms with Gasteiger partial charge in [0, 0.05) is 17.9 Å². The number of hydrogen-bond donors (Lipinski definition) is 1. The Bertz CT molecular complexity index is 526. The van der Waals surface area contributed by atoms with Crippen LogP contribution in [0.3, 0.4) is 0 Å². The predicted octanol–water partition coefficient (Wildman–Crippen LogP) is 1.80.